The molecule has 0 N–H and O–H groups in total. The van der Waals surface area contributed by atoms with Gasteiger partial charge in [0.15, 0.2) is 0 Å². The number of allylic oxidation sites excluding steroid dienone is 2. The van der Waals surface area contributed by atoms with Crippen LogP contribution in [0.25, 0.3) is 0 Å². The average Bonchev–Trinajstić information content (AvgIpc) is 1.85. The number of hydrogen-bond acceptors (Lipinski definition) is 0. The van der Waals surface area contributed by atoms with Gasteiger partial charge >= 0.3 is 65.9 Å². The maximum absolute atomic E-state index is 2.48. The molecular weight excluding hydrogens is 301 g/mol. The minimum atomic E-state index is 0. The standard InChI is InChI=1S/C6H9P.3ClH.Zr/c1-5-3-7-4-6(5)2;;;;/h3H,4H2,1-2H3;3*1H;/q;;;;+2/p-2. The summed E-state index contributed by atoms with van der Waals surface area (Å²) in [5.41, 5.74) is 3.20. The second-order valence-corrected chi connectivity index (χ2v) is 8.74. The van der Waals surface area contributed by atoms with Crippen molar-refractivity contribution in [1.29, 1.82) is 0 Å². The molecule has 1 unspecified atom stereocenters. The summed E-state index contributed by atoms with van der Waals surface area (Å²) in [6.45, 7) is 4.49. The van der Waals surface area contributed by atoms with Gasteiger partial charge in [0.2, 0.25) is 0 Å². The Bertz CT molecular complexity index is 177. The summed E-state index contributed by atoms with van der Waals surface area (Å²) in [6.07, 6.45) is 1.43. The first-order chi connectivity index (χ1) is 3.70. The summed E-state index contributed by atoms with van der Waals surface area (Å²) in [4.78, 5) is 0.0365. The molecule has 0 amide bonds. The summed E-state index contributed by atoms with van der Waals surface area (Å²) >= 11 is 1.76. The SMILES string of the molecule is CC1=C(C)C[PH]([Zr+3])=C1.[Cl-].[Cl-].[Cl-]. The Hall–Kier alpha value is 1.79. The maximum atomic E-state index is 2.48. The van der Waals surface area contributed by atoms with Crippen molar-refractivity contribution in [3.8, 4) is 0 Å². The summed E-state index contributed by atoms with van der Waals surface area (Å²) in [7, 11) is 0. The molecule has 1 atom stereocenters. The first-order valence-corrected chi connectivity index (χ1v) is 8.26. The van der Waals surface area contributed by atoms with Crippen molar-refractivity contribution in [3.05, 3.63) is 11.1 Å². The molecular formula is C6H10Cl3PZr. The predicted molar refractivity (Wildman–Crippen MR) is 37.6 cm³/mol. The van der Waals surface area contributed by atoms with Gasteiger partial charge in [0.1, 0.15) is 0 Å². The van der Waals surface area contributed by atoms with Crippen LogP contribution in [0.2, 0.25) is 0 Å². The molecule has 1 aliphatic rings. The summed E-state index contributed by atoms with van der Waals surface area (Å²) in [5, 5.41) is 0. The first kappa shape index (κ1) is 18.6. The van der Waals surface area contributed by atoms with Crippen LogP contribution in [0.3, 0.4) is 0 Å². The van der Waals surface area contributed by atoms with Crippen LogP contribution in [0.5, 0.6) is 0 Å². The molecule has 0 radical (unpaired) electrons. The molecule has 0 saturated carbocycles. The van der Waals surface area contributed by atoms with Crippen LogP contribution in [0.15, 0.2) is 11.1 Å². The van der Waals surface area contributed by atoms with Crippen molar-refractivity contribution in [2.24, 2.45) is 0 Å². The Morgan fingerprint density at radius 2 is 1.73 bits per heavy atom. The van der Waals surface area contributed by atoms with E-state index in [4.69, 9.17) is 0 Å². The molecule has 0 saturated heterocycles. The van der Waals surface area contributed by atoms with E-state index in [1.165, 1.54) is 6.16 Å². The van der Waals surface area contributed by atoms with Gasteiger partial charge in [0.05, 0.1) is 0 Å². The maximum Gasteiger partial charge on any atom is -1.00 e. The molecule has 0 nitrogen and oxygen atoms in total. The van der Waals surface area contributed by atoms with Crippen molar-refractivity contribution < 1.29 is 61.4 Å². The smallest absolute Gasteiger partial charge is 1.00 e. The van der Waals surface area contributed by atoms with Crippen molar-refractivity contribution in [2.45, 2.75) is 13.8 Å². The molecule has 1 rings (SSSR count). The zero-order chi connectivity index (χ0) is 6.15. The third kappa shape index (κ3) is 5.94. The van der Waals surface area contributed by atoms with Gasteiger partial charge in [-0.3, -0.25) is 0 Å². The van der Waals surface area contributed by atoms with E-state index in [-0.39, 0.29) is 42.1 Å². The van der Waals surface area contributed by atoms with Crippen molar-refractivity contribution >= 4 is 10.6 Å². The van der Waals surface area contributed by atoms with E-state index in [0.717, 1.165) is 0 Å². The van der Waals surface area contributed by atoms with Gasteiger partial charge < -0.3 is 37.2 Å². The summed E-state index contributed by atoms with van der Waals surface area (Å²) < 4.78 is 0. The van der Waals surface area contributed by atoms with E-state index >= 15 is 0 Å². The zero-order valence-corrected chi connectivity index (χ0v) is 12.1. The molecule has 0 fully saturated rings. The molecule has 0 bridgehead atoms. The normalized spacial score (nSPS) is 20.9. The minimum Gasteiger partial charge on any atom is -1.00 e. The second kappa shape index (κ2) is 8.39. The molecule has 0 aromatic heterocycles. The average molecular weight is 311 g/mol. The van der Waals surface area contributed by atoms with Crippen LogP contribution in [-0.4, -0.2) is 12.0 Å². The van der Waals surface area contributed by atoms with Gasteiger partial charge in [-0.2, -0.15) is 0 Å². The molecule has 1 heterocycles. The van der Waals surface area contributed by atoms with Crippen molar-refractivity contribution in [2.75, 3.05) is 6.16 Å². The largest absolute Gasteiger partial charge is 1.00 e. The van der Waals surface area contributed by atoms with E-state index in [2.05, 4.69) is 19.6 Å². The van der Waals surface area contributed by atoms with E-state index in [9.17, 15) is 0 Å². The topological polar surface area (TPSA) is 0 Å². The zero-order valence-electron chi connectivity index (χ0n) is 6.42. The van der Waals surface area contributed by atoms with Crippen LogP contribution >= 0.6 is 4.84 Å². The van der Waals surface area contributed by atoms with Gasteiger partial charge in [-0.15, -0.1) is 0 Å². The van der Waals surface area contributed by atoms with Crippen LogP contribution in [0.1, 0.15) is 13.8 Å². The molecule has 64 valence electrons. The quantitative estimate of drug-likeness (QED) is 0.390. The fourth-order valence-corrected chi connectivity index (χ4v) is 6.13. The van der Waals surface area contributed by atoms with Gasteiger partial charge in [-0.1, -0.05) is 0 Å². The fraction of sp³-hybridized carbons (Fsp3) is 0.500. The van der Waals surface area contributed by atoms with Gasteiger partial charge in [0, 0.05) is 0 Å². The van der Waals surface area contributed by atoms with E-state index in [1.807, 2.05) is 0 Å². The molecule has 0 spiro atoms. The Morgan fingerprint density at radius 3 is 1.82 bits per heavy atom. The van der Waals surface area contributed by atoms with Crippen LogP contribution < -0.4 is 37.2 Å². The van der Waals surface area contributed by atoms with Gasteiger partial charge in [-0.05, 0) is 0 Å². The predicted octanol–water partition coefficient (Wildman–Crippen LogP) is -7.17. The van der Waals surface area contributed by atoms with Crippen LogP contribution in [0.4, 0.5) is 0 Å². The molecule has 11 heavy (non-hydrogen) atoms. The van der Waals surface area contributed by atoms with Crippen molar-refractivity contribution in [3.63, 3.8) is 0 Å². The molecule has 0 aliphatic carbocycles. The van der Waals surface area contributed by atoms with Crippen LogP contribution in [0, 0.1) is 0 Å². The summed E-state index contributed by atoms with van der Waals surface area (Å²) in [5.74, 6) is 2.48. The van der Waals surface area contributed by atoms with Gasteiger partial charge in [0.25, 0.3) is 0 Å². The van der Waals surface area contributed by atoms with E-state index in [0.29, 0.717) is 0 Å². The number of rotatable bonds is 0. The Labute approximate surface area is 102 Å². The third-order valence-electron chi connectivity index (χ3n) is 1.52. The molecule has 0 aromatic rings. The Kier molecular flexibility index (Phi) is 14.2. The second-order valence-electron chi connectivity index (χ2n) is 2.31. The Balaban J connectivity index is -0.000000213. The van der Waals surface area contributed by atoms with Crippen molar-refractivity contribution in [1.82, 2.24) is 0 Å². The van der Waals surface area contributed by atoms with Crippen LogP contribution in [-0.2, 0) is 24.1 Å². The van der Waals surface area contributed by atoms with E-state index in [1.54, 1.807) is 35.3 Å². The minimum absolute atomic E-state index is 0. The molecule has 1 aliphatic heterocycles. The monoisotopic (exact) mass is 308 g/mol. The third-order valence-corrected chi connectivity index (χ3v) is 5.58. The summed E-state index contributed by atoms with van der Waals surface area (Å²) in [6, 6.07) is 0. The number of hydrogen-bond donors (Lipinski definition) is 0. The fourth-order valence-electron chi connectivity index (χ4n) is 0.861. The first-order valence-electron chi connectivity index (χ1n) is 2.78. The Morgan fingerprint density at radius 1 is 1.27 bits per heavy atom. The number of halogens is 3. The van der Waals surface area contributed by atoms with Gasteiger partial charge in [-0.25, -0.2) is 0 Å². The molecule has 0 aromatic carbocycles. The molecule has 5 heteroatoms. The van der Waals surface area contributed by atoms with E-state index < -0.39 is 0 Å².